The summed E-state index contributed by atoms with van der Waals surface area (Å²) in [6, 6.07) is 10.5. The molecule has 0 unspecified atom stereocenters. The van der Waals surface area contributed by atoms with E-state index in [4.69, 9.17) is 4.74 Å². The van der Waals surface area contributed by atoms with Crippen molar-refractivity contribution in [3.63, 3.8) is 0 Å². The highest BCUT2D eigenvalue weighted by Crippen LogP contribution is 2.34. The van der Waals surface area contributed by atoms with Crippen LogP contribution in [0.1, 0.15) is 25.3 Å². The highest BCUT2D eigenvalue weighted by molar-refractivity contribution is 5.92. The van der Waals surface area contributed by atoms with E-state index in [9.17, 15) is 22.4 Å². The SMILES string of the molecule is CCN1CCC(C(=O)Nc2cc(Oc3ccc4c(c3)nc(Nc3cc(C(F)(F)F)ccc3F)n4C)ccn2)CC1. The highest BCUT2D eigenvalue weighted by Gasteiger charge is 2.31. The summed E-state index contributed by atoms with van der Waals surface area (Å²) in [5, 5.41) is 5.53. The van der Waals surface area contributed by atoms with E-state index >= 15 is 0 Å². The van der Waals surface area contributed by atoms with E-state index in [-0.39, 0.29) is 23.5 Å². The zero-order chi connectivity index (χ0) is 28.4. The number of pyridine rings is 1. The molecule has 0 spiro atoms. The number of imidazole rings is 1. The highest BCUT2D eigenvalue weighted by atomic mass is 19.4. The number of fused-ring (bicyclic) bond motifs is 1. The average Bonchev–Trinajstić information content (AvgIpc) is 3.23. The van der Waals surface area contributed by atoms with Gasteiger partial charge in [0.2, 0.25) is 11.9 Å². The summed E-state index contributed by atoms with van der Waals surface area (Å²) in [5.41, 5.74) is -0.178. The van der Waals surface area contributed by atoms with Crippen molar-refractivity contribution in [3.05, 3.63) is 66.1 Å². The number of likely N-dealkylation sites (tertiary alicyclic amines) is 1. The van der Waals surface area contributed by atoms with Crippen molar-refractivity contribution in [2.24, 2.45) is 13.0 Å². The largest absolute Gasteiger partial charge is 0.457 e. The van der Waals surface area contributed by atoms with Gasteiger partial charge in [0, 0.05) is 31.3 Å². The molecular formula is C28H28F4N6O2. The number of carbonyl (C=O) groups excluding carboxylic acids is 1. The van der Waals surface area contributed by atoms with E-state index in [2.05, 4.69) is 32.4 Å². The van der Waals surface area contributed by atoms with Crippen molar-refractivity contribution in [2.75, 3.05) is 30.3 Å². The topological polar surface area (TPSA) is 84.3 Å². The number of halogens is 4. The molecule has 1 amide bonds. The van der Waals surface area contributed by atoms with Crippen LogP contribution in [-0.4, -0.2) is 45.0 Å². The van der Waals surface area contributed by atoms with Crippen LogP contribution in [-0.2, 0) is 18.0 Å². The maximum atomic E-state index is 14.3. The molecule has 1 saturated heterocycles. The van der Waals surface area contributed by atoms with Gasteiger partial charge < -0.3 is 24.8 Å². The van der Waals surface area contributed by atoms with E-state index in [1.54, 1.807) is 41.9 Å². The Bertz CT molecular complexity index is 1530. The van der Waals surface area contributed by atoms with Crippen LogP contribution in [0, 0.1) is 11.7 Å². The Kier molecular flexibility index (Phi) is 7.61. The molecule has 4 aromatic rings. The maximum absolute atomic E-state index is 14.3. The quantitative estimate of drug-likeness (QED) is 0.259. The molecule has 3 heterocycles. The summed E-state index contributed by atoms with van der Waals surface area (Å²) in [4.78, 5) is 23.7. The number of nitrogens with zero attached hydrogens (tertiary/aromatic N) is 4. The van der Waals surface area contributed by atoms with Gasteiger partial charge in [-0.2, -0.15) is 13.2 Å². The lowest BCUT2D eigenvalue weighted by Crippen LogP contribution is -2.38. The number of anilines is 3. The van der Waals surface area contributed by atoms with Crippen LogP contribution in [0.15, 0.2) is 54.7 Å². The first kappa shape index (κ1) is 27.4. The van der Waals surface area contributed by atoms with Gasteiger partial charge in [-0.1, -0.05) is 6.92 Å². The number of nitrogens with one attached hydrogen (secondary N) is 2. The Balaban J connectivity index is 1.29. The Hall–Kier alpha value is -4.19. The first-order chi connectivity index (χ1) is 19.1. The lowest BCUT2D eigenvalue weighted by molar-refractivity contribution is -0.137. The fourth-order valence-electron chi connectivity index (χ4n) is 4.69. The number of amides is 1. The molecule has 2 aromatic carbocycles. The number of ether oxygens (including phenoxy) is 1. The van der Waals surface area contributed by atoms with Crippen LogP contribution in [0.5, 0.6) is 11.5 Å². The molecular weight excluding hydrogens is 528 g/mol. The number of alkyl halides is 3. The first-order valence-electron chi connectivity index (χ1n) is 12.9. The summed E-state index contributed by atoms with van der Waals surface area (Å²) in [6.07, 6.45) is -1.46. The van der Waals surface area contributed by atoms with Gasteiger partial charge in [0.05, 0.1) is 22.3 Å². The van der Waals surface area contributed by atoms with Gasteiger partial charge in [-0.05, 0) is 68.9 Å². The lowest BCUT2D eigenvalue weighted by Gasteiger charge is -2.30. The summed E-state index contributed by atoms with van der Waals surface area (Å²) >= 11 is 0. The summed E-state index contributed by atoms with van der Waals surface area (Å²) < 4.78 is 61.1. The second kappa shape index (κ2) is 11.1. The van der Waals surface area contributed by atoms with Crippen molar-refractivity contribution in [3.8, 4) is 11.5 Å². The van der Waals surface area contributed by atoms with Crippen molar-refractivity contribution in [1.82, 2.24) is 19.4 Å². The molecule has 0 radical (unpaired) electrons. The van der Waals surface area contributed by atoms with E-state index < -0.39 is 17.6 Å². The molecule has 0 aliphatic carbocycles. The van der Waals surface area contributed by atoms with E-state index in [1.807, 2.05) is 0 Å². The van der Waals surface area contributed by atoms with Gasteiger partial charge in [0.25, 0.3) is 0 Å². The number of hydrogen-bond acceptors (Lipinski definition) is 6. The summed E-state index contributed by atoms with van der Waals surface area (Å²) in [7, 11) is 1.66. The number of rotatable bonds is 7. The zero-order valence-corrected chi connectivity index (χ0v) is 21.9. The number of carbonyl (C=O) groups is 1. The van der Waals surface area contributed by atoms with Crippen LogP contribution < -0.4 is 15.4 Å². The third kappa shape index (κ3) is 6.01. The van der Waals surface area contributed by atoms with Gasteiger partial charge in [0.15, 0.2) is 0 Å². The van der Waals surface area contributed by atoms with Crippen molar-refractivity contribution in [2.45, 2.75) is 25.9 Å². The smallest absolute Gasteiger partial charge is 0.416 e. The first-order valence-corrected chi connectivity index (χ1v) is 12.9. The molecule has 0 saturated carbocycles. The standard InChI is InChI=1S/C28H28F4N6O2/c1-3-38-12-9-17(10-13-38)26(39)36-25-16-20(8-11-33-25)40-19-5-7-24-23(15-19)35-27(37(24)2)34-22-14-18(28(30,31)32)4-6-21(22)29/h4-8,11,14-17H,3,9-10,12-13H2,1-2H3,(H,34,35)(H,33,36,39). The zero-order valence-electron chi connectivity index (χ0n) is 21.9. The maximum Gasteiger partial charge on any atom is 0.416 e. The van der Waals surface area contributed by atoms with Crippen LogP contribution in [0.3, 0.4) is 0 Å². The average molecular weight is 557 g/mol. The minimum Gasteiger partial charge on any atom is -0.457 e. The molecule has 210 valence electrons. The molecule has 0 atom stereocenters. The monoisotopic (exact) mass is 556 g/mol. The number of piperidine rings is 1. The van der Waals surface area contributed by atoms with E-state index in [1.165, 1.54) is 6.20 Å². The fourth-order valence-corrected chi connectivity index (χ4v) is 4.69. The normalized spacial score (nSPS) is 14.8. The molecule has 8 nitrogen and oxygen atoms in total. The number of aryl methyl sites for hydroxylation is 1. The third-order valence-corrected chi connectivity index (χ3v) is 7.02. The van der Waals surface area contributed by atoms with E-state index in [0.717, 1.165) is 38.5 Å². The Morgan fingerprint density at radius 1 is 1.07 bits per heavy atom. The molecule has 0 bridgehead atoms. The van der Waals surface area contributed by atoms with Crippen molar-refractivity contribution >= 4 is 34.4 Å². The molecule has 12 heteroatoms. The number of aromatic nitrogens is 3. The number of benzene rings is 2. The predicted molar refractivity (Wildman–Crippen MR) is 143 cm³/mol. The number of hydrogen-bond donors (Lipinski definition) is 2. The Morgan fingerprint density at radius 2 is 1.82 bits per heavy atom. The minimum atomic E-state index is -4.61. The van der Waals surface area contributed by atoms with Crippen LogP contribution >= 0.6 is 0 Å². The second-order valence-electron chi connectivity index (χ2n) is 9.64. The molecule has 1 fully saturated rings. The van der Waals surface area contributed by atoms with Crippen LogP contribution in [0.25, 0.3) is 11.0 Å². The van der Waals surface area contributed by atoms with E-state index in [0.29, 0.717) is 40.5 Å². The fraction of sp³-hybridized carbons (Fsp3) is 0.321. The molecule has 2 N–H and O–H groups in total. The van der Waals surface area contributed by atoms with Gasteiger partial charge >= 0.3 is 6.18 Å². The molecule has 1 aliphatic heterocycles. The van der Waals surface area contributed by atoms with Gasteiger partial charge in [-0.15, -0.1) is 0 Å². The summed E-state index contributed by atoms with van der Waals surface area (Å²) in [5.74, 6) is 0.471. The molecule has 5 rings (SSSR count). The minimum absolute atomic E-state index is 0.0621. The Labute approximate surface area is 228 Å². The third-order valence-electron chi connectivity index (χ3n) is 7.02. The second-order valence-corrected chi connectivity index (χ2v) is 9.64. The van der Waals surface area contributed by atoms with Crippen molar-refractivity contribution < 1.29 is 27.1 Å². The Morgan fingerprint density at radius 3 is 2.55 bits per heavy atom. The van der Waals surface area contributed by atoms with Gasteiger partial charge in [-0.3, -0.25) is 4.79 Å². The lowest BCUT2D eigenvalue weighted by atomic mass is 9.96. The molecule has 1 aliphatic rings. The van der Waals surface area contributed by atoms with Crippen LogP contribution in [0.2, 0.25) is 0 Å². The van der Waals surface area contributed by atoms with Crippen LogP contribution in [0.4, 0.5) is 35.0 Å². The molecule has 40 heavy (non-hydrogen) atoms. The predicted octanol–water partition coefficient (Wildman–Crippen LogP) is 6.33. The van der Waals surface area contributed by atoms with Gasteiger partial charge in [0.1, 0.15) is 23.1 Å². The summed E-state index contributed by atoms with van der Waals surface area (Å²) in [6.45, 7) is 4.88. The van der Waals surface area contributed by atoms with Gasteiger partial charge in [-0.25, -0.2) is 14.4 Å². The van der Waals surface area contributed by atoms with Crippen molar-refractivity contribution in [1.29, 1.82) is 0 Å². The molecule has 2 aromatic heterocycles.